The number of phenols is 1. The van der Waals surface area contributed by atoms with Gasteiger partial charge in [-0.05, 0) is 38.1 Å². The Bertz CT molecular complexity index is 533. The molecule has 0 aliphatic carbocycles. The molecule has 3 N–H and O–H groups in total. The Labute approximate surface area is 117 Å². The second-order valence-electron chi connectivity index (χ2n) is 3.32. The predicted octanol–water partition coefficient (Wildman–Crippen LogP) is 0.567. The van der Waals surface area contributed by atoms with Gasteiger partial charge in [0.2, 0.25) is 10.0 Å². The van der Waals surface area contributed by atoms with Gasteiger partial charge in [-0.2, -0.15) is 0 Å². The molecule has 1 aromatic rings. The van der Waals surface area contributed by atoms with Crippen molar-refractivity contribution >= 4 is 17.8 Å². The zero-order valence-electron chi connectivity index (χ0n) is 11.1. The third-order valence-corrected chi connectivity index (χ3v) is 3.82. The van der Waals surface area contributed by atoms with Crippen molar-refractivity contribution in [1.82, 2.24) is 0 Å². The monoisotopic (exact) mass is 326 g/mol. The summed E-state index contributed by atoms with van der Waals surface area (Å²) in [6.07, 6.45) is 0. The number of phosphoric ester groups is 1. The molecule has 0 atom stereocenters. The van der Waals surface area contributed by atoms with Crippen LogP contribution < -0.4 is 10.0 Å². The second-order valence-corrected chi connectivity index (χ2v) is 6.29. The largest absolute Gasteiger partial charge is 0.756 e. The van der Waals surface area contributed by atoms with Gasteiger partial charge in [-0.3, -0.25) is 4.57 Å². The van der Waals surface area contributed by atoms with Crippen LogP contribution in [-0.2, 0) is 23.6 Å². The summed E-state index contributed by atoms with van der Waals surface area (Å²) in [6.45, 7) is 3.43. The first-order valence-electron chi connectivity index (χ1n) is 5.54. The fraction of sp³-hybridized carbons (Fsp3) is 0.400. The van der Waals surface area contributed by atoms with Gasteiger partial charge in [-0.15, -0.1) is 0 Å². The molecule has 0 amide bonds. The van der Waals surface area contributed by atoms with Gasteiger partial charge < -0.3 is 19.0 Å². The van der Waals surface area contributed by atoms with Crippen LogP contribution in [0.1, 0.15) is 13.8 Å². The van der Waals surface area contributed by atoms with Crippen LogP contribution in [0, 0.1) is 0 Å². The highest BCUT2D eigenvalue weighted by Gasteiger charge is 2.05. The summed E-state index contributed by atoms with van der Waals surface area (Å²) >= 11 is 0. The topological polar surface area (TPSA) is 139 Å². The summed E-state index contributed by atoms with van der Waals surface area (Å²) in [6, 6.07) is 5.01. The van der Waals surface area contributed by atoms with Crippen molar-refractivity contribution in [2.45, 2.75) is 18.7 Å². The average Bonchev–Trinajstić information content (AvgIpc) is 2.28. The molecule has 0 heterocycles. The number of phenolic OH excluding ortho intramolecular Hbond substituents is 1. The zero-order valence-corrected chi connectivity index (χ0v) is 12.8. The zero-order chi connectivity index (χ0) is 15.8. The quantitative estimate of drug-likeness (QED) is 0.754. The van der Waals surface area contributed by atoms with Gasteiger partial charge in [-0.1, -0.05) is 0 Å². The molecule has 0 fully saturated rings. The lowest BCUT2D eigenvalue weighted by atomic mass is 10.3. The molecule has 0 spiro atoms. The second kappa shape index (κ2) is 8.35. The Balaban J connectivity index is 0.000000370. The van der Waals surface area contributed by atoms with Gasteiger partial charge >= 0.3 is 0 Å². The van der Waals surface area contributed by atoms with Crippen molar-refractivity contribution in [2.75, 3.05) is 13.2 Å². The van der Waals surface area contributed by atoms with Gasteiger partial charge in [0.05, 0.1) is 18.1 Å². The summed E-state index contributed by atoms with van der Waals surface area (Å²) in [5, 5.41) is 13.6. The number of hydrogen-bond donors (Lipinski definition) is 2. The smallest absolute Gasteiger partial charge is 0.267 e. The Morgan fingerprint density at radius 2 is 1.60 bits per heavy atom. The summed E-state index contributed by atoms with van der Waals surface area (Å²) in [4.78, 5) is 10.4. The first kappa shape index (κ1) is 19.0. The summed E-state index contributed by atoms with van der Waals surface area (Å²) < 4.78 is 40.2. The van der Waals surface area contributed by atoms with Crippen molar-refractivity contribution < 1.29 is 32.0 Å². The lowest BCUT2D eigenvalue weighted by molar-refractivity contribution is -0.224. The fourth-order valence-corrected chi connectivity index (χ4v) is 2.21. The van der Waals surface area contributed by atoms with Crippen LogP contribution >= 0.6 is 7.82 Å². The maximum atomic E-state index is 10.6. The lowest BCUT2D eigenvalue weighted by Gasteiger charge is -2.20. The maximum absolute atomic E-state index is 10.6. The molecule has 0 bridgehead atoms. The first-order valence-corrected chi connectivity index (χ1v) is 8.55. The van der Waals surface area contributed by atoms with E-state index in [0.717, 1.165) is 0 Å². The Hall–Kier alpha value is -0.960. The van der Waals surface area contributed by atoms with E-state index in [4.69, 9.17) is 10.2 Å². The van der Waals surface area contributed by atoms with Crippen molar-refractivity contribution in [3.63, 3.8) is 0 Å². The molecule has 0 unspecified atom stereocenters. The summed E-state index contributed by atoms with van der Waals surface area (Å²) in [7, 11) is -7.57. The van der Waals surface area contributed by atoms with Crippen LogP contribution in [0.15, 0.2) is 29.2 Å². The Morgan fingerprint density at radius 1 is 1.20 bits per heavy atom. The molecule has 0 radical (unpaired) electrons. The third-order valence-electron chi connectivity index (χ3n) is 1.74. The summed E-state index contributed by atoms with van der Waals surface area (Å²) in [5.41, 5.74) is 0. The predicted molar refractivity (Wildman–Crippen MR) is 70.3 cm³/mol. The highest BCUT2D eigenvalue weighted by molar-refractivity contribution is 7.89. The molecule has 0 aliphatic rings. The van der Waals surface area contributed by atoms with Gasteiger partial charge in [0.25, 0.3) is 7.82 Å². The molecule has 8 nitrogen and oxygen atoms in total. The average molecular weight is 326 g/mol. The van der Waals surface area contributed by atoms with Crippen LogP contribution in [0.2, 0.25) is 0 Å². The number of phosphoric acid groups is 1. The van der Waals surface area contributed by atoms with E-state index < -0.39 is 17.8 Å². The van der Waals surface area contributed by atoms with Crippen molar-refractivity contribution in [1.29, 1.82) is 0 Å². The van der Waals surface area contributed by atoms with Crippen LogP contribution in [0.3, 0.4) is 0 Å². The molecule has 0 saturated carbocycles. The third kappa shape index (κ3) is 8.26. The standard InChI is InChI=1S/C6H7NO3S.C4H11O4P/c7-11(9,10)6-3-1-5(8)2-4-6;1-3-7-9(5,6)8-4-2/h1-4,8H,(H2,7,9,10);3-4H2,1-2H3,(H,5,6)/p-1. The van der Waals surface area contributed by atoms with Crippen LogP contribution in [-0.4, -0.2) is 26.7 Å². The van der Waals surface area contributed by atoms with E-state index >= 15 is 0 Å². The number of aromatic hydroxyl groups is 1. The SMILES string of the molecule is CCOP(=O)([O-])OCC.NS(=O)(=O)c1ccc(O)cc1. The van der Waals surface area contributed by atoms with E-state index in [1.807, 2.05) is 0 Å². The van der Waals surface area contributed by atoms with Crippen molar-refractivity contribution in [3.8, 4) is 5.75 Å². The number of nitrogens with two attached hydrogens (primary N) is 1. The van der Waals surface area contributed by atoms with Crippen molar-refractivity contribution in [2.24, 2.45) is 5.14 Å². The lowest BCUT2D eigenvalue weighted by Crippen LogP contribution is -2.11. The molecular weight excluding hydrogens is 309 g/mol. The Kier molecular flexibility index (Phi) is 7.95. The number of hydrogen-bond acceptors (Lipinski definition) is 7. The number of rotatable bonds is 5. The number of benzene rings is 1. The maximum Gasteiger partial charge on any atom is 0.267 e. The van der Waals surface area contributed by atoms with Gasteiger partial charge in [0, 0.05) is 0 Å². The first-order chi connectivity index (χ1) is 9.12. The van der Waals surface area contributed by atoms with E-state index in [1.54, 1.807) is 13.8 Å². The highest BCUT2D eigenvalue weighted by atomic mass is 32.2. The minimum Gasteiger partial charge on any atom is -0.756 e. The molecule has 0 saturated heterocycles. The van der Waals surface area contributed by atoms with E-state index in [9.17, 15) is 17.9 Å². The normalized spacial score (nSPS) is 11.6. The van der Waals surface area contributed by atoms with Crippen LogP contribution in [0.25, 0.3) is 0 Å². The molecule has 0 aliphatic heterocycles. The van der Waals surface area contributed by atoms with Crippen molar-refractivity contribution in [3.05, 3.63) is 24.3 Å². The molecule has 10 heteroatoms. The highest BCUT2D eigenvalue weighted by Crippen LogP contribution is 2.37. The molecular formula is C10H17NO7PS-. The summed E-state index contributed by atoms with van der Waals surface area (Å²) in [5.74, 6) is 0.0115. The molecule has 0 aromatic heterocycles. The molecule has 1 aromatic carbocycles. The minimum absolute atomic E-state index is 0.00435. The van der Waals surface area contributed by atoms with Crippen LogP contribution in [0.5, 0.6) is 5.75 Å². The van der Waals surface area contributed by atoms with Gasteiger partial charge in [0.1, 0.15) is 5.75 Å². The van der Waals surface area contributed by atoms with E-state index in [0.29, 0.717) is 0 Å². The molecule has 116 valence electrons. The number of primary sulfonamides is 1. The van der Waals surface area contributed by atoms with E-state index in [-0.39, 0.29) is 23.9 Å². The molecule has 20 heavy (non-hydrogen) atoms. The van der Waals surface area contributed by atoms with Crippen LogP contribution in [0.4, 0.5) is 0 Å². The van der Waals surface area contributed by atoms with Gasteiger partial charge in [-0.25, -0.2) is 13.6 Å². The number of sulfonamides is 1. The Morgan fingerprint density at radius 3 is 1.90 bits per heavy atom. The fourth-order valence-electron chi connectivity index (χ4n) is 0.989. The minimum atomic E-state index is -3.94. The van der Waals surface area contributed by atoms with E-state index in [2.05, 4.69) is 9.05 Å². The van der Waals surface area contributed by atoms with E-state index in [1.165, 1.54) is 24.3 Å². The molecule has 1 rings (SSSR count). The van der Waals surface area contributed by atoms with Gasteiger partial charge in [0.15, 0.2) is 0 Å².